The number of hydrogen-bond acceptors (Lipinski definition) is 5. The van der Waals surface area contributed by atoms with Crippen molar-refractivity contribution in [3.05, 3.63) is 0 Å². The molecule has 0 unspecified atom stereocenters. The second-order valence-corrected chi connectivity index (χ2v) is 4.75. The third kappa shape index (κ3) is 18.4. The fourth-order valence-corrected chi connectivity index (χ4v) is 1.40. The fourth-order valence-electron chi connectivity index (χ4n) is 1.40. The van der Waals surface area contributed by atoms with E-state index in [0.29, 0.717) is 19.6 Å². The van der Waals surface area contributed by atoms with Gasteiger partial charge in [-0.1, -0.05) is 13.3 Å². The standard InChI is InChI=1S/C6H15NO3.C6H15N/c8-4-1-7(2-5-9)3-6-10;1-4-5-6(2,3)7/h8-10H,1-6H2;4-5,7H2,1-3H3. The Bertz CT molecular complexity index is 135. The van der Waals surface area contributed by atoms with E-state index in [1.54, 1.807) is 4.90 Å². The molecule has 0 heterocycles. The highest BCUT2D eigenvalue weighted by molar-refractivity contribution is 4.69. The average molecular weight is 250 g/mol. The Hall–Kier alpha value is -0.200. The Morgan fingerprint density at radius 1 is 0.941 bits per heavy atom. The van der Waals surface area contributed by atoms with Crippen LogP contribution in [0.15, 0.2) is 0 Å². The van der Waals surface area contributed by atoms with E-state index >= 15 is 0 Å². The molecule has 0 aliphatic rings. The van der Waals surface area contributed by atoms with Crippen molar-refractivity contribution < 1.29 is 15.3 Å². The van der Waals surface area contributed by atoms with Crippen LogP contribution >= 0.6 is 0 Å². The summed E-state index contributed by atoms with van der Waals surface area (Å²) in [7, 11) is 0. The average Bonchev–Trinajstić information content (AvgIpc) is 2.18. The largest absolute Gasteiger partial charge is 0.395 e. The van der Waals surface area contributed by atoms with Gasteiger partial charge in [0.25, 0.3) is 0 Å². The number of hydrogen-bond donors (Lipinski definition) is 4. The van der Waals surface area contributed by atoms with E-state index < -0.39 is 0 Å². The first-order valence-electron chi connectivity index (χ1n) is 6.25. The molecule has 0 atom stereocenters. The number of aliphatic hydroxyl groups is 3. The van der Waals surface area contributed by atoms with Gasteiger partial charge in [-0.3, -0.25) is 4.90 Å². The van der Waals surface area contributed by atoms with Crippen molar-refractivity contribution in [3.8, 4) is 0 Å². The molecule has 0 aromatic rings. The van der Waals surface area contributed by atoms with E-state index in [4.69, 9.17) is 21.1 Å². The highest BCUT2D eigenvalue weighted by Gasteiger charge is 2.06. The zero-order valence-electron chi connectivity index (χ0n) is 11.5. The minimum absolute atomic E-state index is 0.0503. The zero-order valence-corrected chi connectivity index (χ0v) is 11.5. The highest BCUT2D eigenvalue weighted by atomic mass is 16.3. The quantitative estimate of drug-likeness (QED) is 0.478. The van der Waals surface area contributed by atoms with Crippen molar-refractivity contribution in [1.82, 2.24) is 4.90 Å². The number of aliphatic hydroxyl groups excluding tert-OH is 3. The van der Waals surface area contributed by atoms with Gasteiger partial charge in [0, 0.05) is 25.2 Å². The topological polar surface area (TPSA) is 90.0 Å². The van der Waals surface area contributed by atoms with Gasteiger partial charge in [-0.25, -0.2) is 0 Å². The molecule has 5 nitrogen and oxygen atoms in total. The summed E-state index contributed by atoms with van der Waals surface area (Å²) in [5, 5.41) is 25.5. The Kier molecular flexibility index (Phi) is 13.8. The van der Waals surface area contributed by atoms with Crippen molar-refractivity contribution in [2.45, 2.75) is 39.2 Å². The maximum atomic E-state index is 8.48. The van der Waals surface area contributed by atoms with Crippen molar-refractivity contribution in [1.29, 1.82) is 0 Å². The summed E-state index contributed by atoms with van der Waals surface area (Å²) in [5.74, 6) is 0. The van der Waals surface area contributed by atoms with Crippen molar-refractivity contribution in [2.75, 3.05) is 39.5 Å². The van der Waals surface area contributed by atoms with E-state index in [0.717, 1.165) is 6.42 Å². The fraction of sp³-hybridized carbons (Fsp3) is 1.00. The summed E-state index contributed by atoms with van der Waals surface area (Å²) in [6.45, 7) is 8.00. The smallest absolute Gasteiger partial charge is 0.0558 e. The van der Waals surface area contributed by atoms with E-state index in [-0.39, 0.29) is 25.4 Å². The van der Waals surface area contributed by atoms with Crippen molar-refractivity contribution in [3.63, 3.8) is 0 Å². The van der Waals surface area contributed by atoms with Crippen LogP contribution in [0.5, 0.6) is 0 Å². The first-order chi connectivity index (χ1) is 7.91. The van der Waals surface area contributed by atoms with Gasteiger partial charge in [0.05, 0.1) is 19.8 Å². The van der Waals surface area contributed by atoms with Crippen LogP contribution < -0.4 is 5.73 Å². The maximum Gasteiger partial charge on any atom is 0.0558 e. The number of nitrogens with zero attached hydrogens (tertiary/aromatic N) is 1. The minimum Gasteiger partial charge on any atom is -0.395 e. The predicted octanol–water partition coefficient (Wildman–Crippen LogP) is -0.211. The van der Waals surface area contributed by atoms with Crippen molar-refractivity contribution >= 4 is 0 Å². The molecule has 0 spiro atoms. The van der Waals surface area contributed by atoms with Gasteiger partial charge >= 0.3 is 0 Å². The second-order valence-electron chi connectivity index (χ2n) is 4.75. The summed E-state index contributed by atoms with van der Waals surface area (Å²) >= 11 is 0. The lowest BCUT2D eigenvalue weighted by molar-refractivity contribution is 0.136. The molecule has 0 aromatic carbocycles. The van der Waals surface area contributed by atoms with Crippen LogP contribution in [-0.4, -0.2) is 65.2 Å². The molecule has 0 saturated heterocycles. The molecular formula is C12H30N2O3. The van der Waals surface area contributed by atoms with E-state index in [1.165, 1.54) is 6.42 Å². The zero-order chi connectivity index (χ0) is 13.7. The SMILES string of the molecule is CCCC(C)(C)N.OCCN(CCO)CCO. The van der Waals surface area contributed by atoms with Crippen LogP contribution in [0.2, 0.25) is 0 Å². The highest BCUT2D eigenvalue weighted by Crippen LogP contribution is 2.04. The molecule has 106 valence electrons. The van der Waals surface area contributed by atoms with Crippen LogP contribution in [0.4, 0.5) is 0 Å². The van der Waals surface area contributed by atoms with Crippen molar-refractivity contribution in [2.24, 2.45) is 5.73 Å². The molecule has 0 rings (SSSR count). The third-order valence-corrected chi connectivity index (χ3v) is 2.14. The van der Waals surface area contributed by atoms with Gasteiger partial charge in [0.15, 0.2) is 0 Å². The molecule has 0 radical (unpaired) electrons. The summed E-state index contributed by atoms with van der Waals surface area (Å²) in [6, 6.07) is 0. The Morgan fingerprint density at radius 2 is 1.29 bits per heavy atom. The Labute approximate surface area is 105 Å². The first kappa shape index (κ1) is 19.1. The predicted molar refractivity (Wildman–Crippen MR) is 70.9 cm³/mol. The number of nitrogens with two attached hydrogens (primary N) is 1. The molecule has 5 heteroatoms. The Morgan fingerprint density at radius 3 is 1.41 bits per heavy atom. The van der Waals surface area contributed by atoms with Gasteiger partial charge in [-0.05, 0) is 20.3 Å². The molecule has 0 saturated carbocycles. The molecule has 0 amide bonds. The van der Waals surface area contributed by atoms with Crippen LogP contribution in [0.1, 0.15) is 33.6 Å². The lowest BCUT2D eigenvalue weighted by Crippen LogP contribution is -2.32. The molecule has 17 heavy (non-hydrogen) atoms. The summed E-state index contributed by atoms with van der Waals surface area (Å²) in [5.41, 5.74) is 5.70. The van der Waals surface area contributed by atoms with Gasteiger partial charge in [0.1, 0.15) is 0 Å². The van der Waals surface area contributed by atoms with Gasteiger partial charge in [-0.2, -0.15) is 0 Å². The molecule has 0 aliphatic heterocycles. The van der Waals surface area contributed by atoms with Crippen LogP contribution in [-0.2, 0) is 0 Å². The van der Waals surface area contributed by atoms with Crippen LogP contribution in [0.3, 0.4) is 0 Å². The van der Waals surface area contributed by atoms with Crippen LogP contribution in [0, 0.1) is 0 Å². The van der Waals surface area contributed by atoms with Crippen LogP contribution in [0.25, 0.3) is 0 Å². The monoisotopic (exact) mass is 250 g/mol. The second kappa shape index (κ2) is 12.3. The minimum atomic E-state index is 0.0503. The number of rotatable bonds is 8. The molecule has 0 aromatic heterocycles. The summed E-state index contributed by atoms with van der Waals surface area (Å²) in [4.78, 5) is 1.79. The lowest BCUT2D eigenvalue weighted by atomic mass is 10.0. The maximum absolute atomic E-state index is 8.48. The lowest BCUT2D eigenvalue weighted by Gasteiger charge is -2.17. The molecule has 0 bridgehead atoms. The van der Waals surface area contributed by atoms with Gasteiger partial charge in [-0.15, -0.1) is 0 Å². The molecule has 0 fully saturated rings. The third-order valence-electron chi connectivity index (χ3n) is 2.14. The van der Waals surface area contributed by atoms with Gasteiger partial charge in [0.2, 0.25) is 0 Å². The summed E-state index contributed by atoms with van der Waals surface area (Å²) in [6.07, 6.45) is 2.30. The molecule has 0 aliphatic carbocycles. The molecular weight excluding hydrogens is 220 g/mol. The first-order valence-corrected chi connectivity index (χ1v) is 6.25. The van der Waals surface area contributed by atoms with E-state index in [2.05, 4.69) is 20.8 Å². The Balaban J connectivity index is 0. The normalized spacial score (nSPS) is 11.3. The van der Waals surface area contributed by atoms with E-state index in [1.807, 2.05) is 0 Å². The molecule has 5 N–H and O–H groups in total. The summed E-state index contributed by atoms with van der Waals surface area (Å²) < 4.78 is 0. The van der Waals surface area contributed by atoms with E-state index in [9.17, 15) is 0 Å². The van der Waals surface area contributed by atoms with Gasteiger partial charge < -0.3 is 21.1 Å².